The number of piperazine rings is 1. The Morgan fingerprint density at radius 1 is 0.981 bits per heavy atom. The van der Waals surface area contributed by atoms with E-state index in [2.05, 4.69) is 15.7 Å². The summed E-state index contributed by atoms with van der Waals surface area (Å²) in [6.07, 6.45) is -1.17. The molecule has 1 aromatic heterocycles. The van der Waals surface area contributed by atoms with Crippen molar-refractivity contribution in [3.05, 3.63) is 42.1 Å². The number of hydrogen-bond acceptors (Lipinski definition) is 10. The molecule has 2 saturated heterocycles. The van der Waals surface area contributed by atoms with Gasteiger partial charge in [0.15, 0.2) is 12.3 Å². The molecule has 2 aliphatic heterocycles. The predicted octanol–water partition coefficient (Wildman–Crippen LogP) is 0.902. The molecule has 2 aromatic rings. The Morgan fingerprint density at radius 2 is 1.62 bits per heavy atom. The maximum Gasteiger partial charge on any atom is 0.490 e. The lowest BCUT2D eigenvalue weighted by atomic mass is 9.93. The number of aliphatic carboxylic acids is 1. The largest absolute Gasteiger partial charge is 0.490 e. The number of aromatic nitrogens is 2. The van der Waals surface area contributed by atoms with Crippen molar-refractivity contribution in [3.8, 4) is 11.6 Å². The Bertz CT molecular complexity index is 1610. The normalized spacial score (nSPS) is 17.8. The quantitative estimate of drug-likeness (QED) is 0.253. The molecule has 3 aliphatic rings. The summed E-state index contributed by atoms with van der Waals surface area (Å²) in [7, 11) is 0. The van der Waals surface area contributed by atoms with E-state index in [-0.39, 0.29) is 68.2 Å². The number of carboxylic acids is 1. The van der Waals surface area contributed by atoms with Crippen molar-refractivity contribution in [2.45, 2.75) is 63.3 Å². The highest BCUT2D eigenvalue weighted by atomic mass is 19.4. The van der Waals surface area contributed by atoms with Crippen LogP contribution in [0.25, 0.3) is 5.69 Å². The second kappa shape index (κ2) is 18.4. The summed E-state index contributed by atoms with van der Waals surface area (Å²) < 4.78 is 44.1. The fourth-order valence-electron chi connectivity index (χ4n) is 5.74. The van der Waals surface area contributed by atoms with E-state index >= 15 is 0 Å². The second-order valence-corrected chi connectivity index (χ2v) is 12.4. The van der Waals surface area contributed by atoms with E-state index in [0.29, 0.717) is 31.7 Å². The molecule has 290 valence electrons. The zero-order valence-corrected chi connectivity index (χ0v) is 29.0. The Labute approximate surface area is 302 Å². The predicted molar refractivity (Wildman–Crippen MR) is 179 cm³/mol. The molecule has 5 N–H and O–H groups in total. The standard InChI is InChI=1S/C31H42N8O7.C2HF3O2/c1-2-45-31(44)37-16-14-36(15-17-37)30(43)24(19-32)34-28(41)23-18-27(39(35-23)22-10-4-3-5-11-22)46-20-26(40)38-13-7-12-25(38)29(42)33-21-8-6-9-21;3-2(4,5)1(6)7/h3-5,10-11,18,21,24-25H,2,6-9,12-17,19-20,32H2,1H3,(H,33,42)(H,34,41);(H,6,7)/t24-,25-;/m0./s1. The average molecular weight is 753 g/mol. The molecule has 3 heterocycles. The van der Waals surface area contributed by atoms with Gasteiger partial charge in [0.05, 0.1) is 12.3 Å². The zero-order chi connectivity index (χ0) is 38.7. The molecule has 20 heteroatoms. The van der Waals surface area contributed by atoms with Crippen LogP contribution in [0.4, 0.5) is 18.0 Å². The lowest BCUT2D eigenvalue weighted by molar-refractivity contribution is -0.192. The summed E-state index contributed by atoms with van der Waals surface area (Å²) >= 11 is 0. The monoisotopic (exact) mass is 752 g/mol. The van der Waals surface area contributed by atoms with Crippen molar-refractivity contribution < 1.29 is 56.5 Å². The Morgan fingerprint density at radius 3 is 2.19 bits per heavy atom. The van der Waals surface area contributed by atoms with Gasteiger partial charge < -0.3 is 45.6 Å². The molecule has 0 spiro atoms. The fourth-order valence-corrected chi connectivity index (χ4v) is 5.74. The molecule has 1 aromatic carbocycles. The second-order valence-electron chi connectivity index (χ2n) is 12.4. The van der Waals surface area contributed by atoms with Crippen LogP contribution >= 0.6 is 0 Å². The van der Waals surface area contributed by atoms with Crippen LogP contribution in [0, 0.1) is 0 Å². The fraction of sp³-hybridized carbons (Fsp3) is 0.545. The topological polar surface area (TPSA) is 219 Å². The van der Waals surface area contributed by atoms with Crippen molar-refractivity contribution >= 4 is 35.7 Å². The molecule has 53 heavy (non-hydrogen) atoms. The van der Waals surface area contributed by atoms with Crippen LogP contribution in [-0.4, -0.2) is 142 Å². The number of benzene rings is 1. The maximum atomic E-state index is 13.3. The summed E-state index contributed by atoms with van der Waals surface area (Å²) in [5.41, 5.74) is 6.44. The summed E-state index contributed by atoms with van der Waals surface area (Å²) in [6.45, 7) is 3.12. The number of carbonyl (C=O) groups excluding carboxylic acids is 5. The van der Waals surface area contributed by atoms with E-state index in [1.54, 1.807) is 41.0 Å². The first-order valence-electron chi connectivity index (χ1n) is 17.1. The number of carboxylic acid groups (broad SMARTS) is 1. The number of amides is 5. The van der Waals surface area contributed by atoms with Crippen molar-refractivity contribution in [1.82, 2.24) is 35.1 Å². The lowest BCUT2D eigenvalue weighted by Crippen LogP contribution is -2.57. The highest BCUT2D eigenvalue weighted by Gasteiger charge is 2.38. The molecule has 0 radical (unpaired) electrons. The number of nitrogens with two attached hydrogens (primary N) is 1. The summed E-state index contributed by atoms with van der Waals surface area (Å²) in [5.74, 6) is -4.10. The van der Waals surface area contributed by atoms with E-state index < -0.39 is 36.2 Å². The molecule has 0 bridgehead atoms. The van der Waals surface area contributed by atoms with Gasteiger partial charge in [-0.05, 0) is 51.2 Å². The van der Waals surface area contributed by atoms with E-state index in [9.17, 15) is 37.1 Å². The molecular formula is C33H43F3N8O9. The van der Waals surface area contributed by atoms with Crippen LogP contribution in [0.3, 0.4) is 0 Å². The van der Waals surface area contributed by atoms with Gasteiger partial charge in [0.2, 0.25) is 17.7 Å². The number of para-hydroxylation sites is 1. The first-order valence-corrected chi connectivity index (χ1v) is 17.1. The maximum absolute atomic E-state index is 13.3. The molecule has 3 fully saturated rings. The molecule has 1 saturated carbocycles. The van der Waals surface area contributed by atoms with E-state index in [1.165, 1.54) is 15.6 Å². The molecule has 1 aliphatic carbocycles. The highest BCUT2D eigenvalue weighted by Crippen LogP contribution is 2.24. The summed E-state index contributed by atoms with van der Waals surface area (Å²) in [4.78, 5) is 78.1. The van der Waals surface area contributed by atoms with E-state index in [4.69, 9.17) is 25.1 Å². The SMILES string of the molecule is CCOC(=O)N1CCN(C(=O)[C@H](CN)NC(=O)c2cc(OCC(=O)N3CCC[C@H]3C(=O)NC3CCC3)n(-c3ccccc3)n2)CC1.O=C(O)C(F)(F)F. The summed E-state index contributed by atoms with van der Waals surface area (Å²) in [6, 6.07) is 9.00. The highest BCUT2D eigenvalue weighted by molar-refractivity contribution is 5.96. The van der Waals surface area contributed by atoms with Gasteiger partial charge >= 0.3 is 18.2 Å². The van der Waals surface area contributed by atoms with E-state index in [0.717, 1.165) is 25.7 Å². The van der Waals surface area contributed by atoms with Gasteiger partial charge in [-0.15, -0.1) is 0 Å². The van der Waals surface area contributed by atoms with E-state index in [1.807, 2.05) is 6.07 Å². The van der Waals surface area contributed by atoms with Crippen molar-refractivity contribution in [1.29, 1.82) is 0 Å². The first kappa shape index (κ1) is 40.4. The zero-order valence-electron chi connectivity index (χ0n) is 29.0. The van der Waals surface area contributed by atoms with Gasteiger partial charge in [-0.1, -0.05) is 18.2 Å². The minimum absolute atomic E-state index is 0.0383. The minimum atomic E-state index is -5.08. The number of halogens is 3. The number of ether oxygens (including phenoxy) is 2. The minimum Gasteiger partial charge on any atom is -0.475 e. The van der Waals surface area contributed by atoms with Crippen molar-refractivity contribution in [3.63, 3.8) is 0 Å². The average Bonchev–Trinajstić information content (AvgIpc) is 3.80. The van der Waals surface area contributed by atoms with Crippen LogP contribution in [0.5, 0.6) is 5.88 Å². The van der Waals surface area contributed by atoms with Gasteiger partial charge in [-0.3, -0.25) is 19.2 Å². The molecular weight excluding hydrogens is 709 g/mol. The Balaban J connectivity index is 0.000000815. The Kier molecular flexibility index (Phi) is 14.0. The molecule has 5 amide bonds. The van der Waals surface area contributed by atoms with Gasteiger partial charge in [0.1, 0.15) is 12.1 Å². The lowest BCUT2D eigenvalue weighted by Gasteiger charge is -2.35. The van der Waals surface area contributed by atoms with Crippen molar-refractivity contribution in [2.24, 2.45) is 5.73 Å². The molecule has 2 atom stereocenters. The van der Waals surface area contributed by atoms with Crippen molar-refractivity contribution in [2.75, 3.05) is 52.5 Å². The summed E-state index contributed by atoms with van der Waals surface area (Å²) in [5, 5.41) is 17.2. The van der Waals surface area contributed by atoms with Crippen LogP contribution in [0.2, 0.25) is 0 Å². The number of nitrogens with one attached hydrogen (secondary N) is 2. The van der Waals surface area contributed by atoms with Crippen LogP contribution in [-0.2, 0) is 23.9 Å². The number of carbonyl (C=O) groups is 6. The van der Waals surface area contributed by atoms with Gasteiger partial charge in [0, 0.05) is 51.4 Å². The van der Waals surface area contributed by atoms with Gasteiger partial charge in [-0.25, -0.2) is 14.3 Å². The molecule has 0 unspecified atom stereocenters. The first-order chi connectivity index (χ1) is 25.2. The number of rotatable bonds is 11. The third kappa shape index (κ3) is 10.8. The number of alkyl halides is 3. The van der Waals surface area contributed by atoms with Gasteiger partial charge in [0.25, 0.3) is 11.8 Å². The third-order valence-electron chi connectivity index (χ3n) is 8.78. The van der Waals surface area contributed by atoms with Crippen LogP contribution < -0.4 is 21.1 Å². The third-order valence-corrected chi connectivity index (χ3v) is 8.78. The number of nitrogens with zero attached hydrogens (tertiary/aromatic N) is 5. The van der Waals surface area contributed by atoms with Crippen LogP contribution in [0.15, 0.2) is 36.4 Å². The molecule has 5 rings (SSSR count). The number of likely N-dealkylation sites (tertiary alicyclic amines) is 1. The Hall–Kier alpha value is -5.40. The van der Waals surface area contributed by atoms with Gasteiger partial charge in [-0.2, -0.15) is 18.3 Å². The molecule has 17 nitrogen and oxygen atoms in total. The smallest absolute Gasteiger partial charge is 0.475 e. The van der Waals surface area contributed by atoms with Crippen LogP contribution in [0.1, 0.15) is 49.5 Å². The number of hydrogen-bond donors (Lipinski definition) is 4.